The quantitative estimate of drug-likeness (QED) is 0.411. The number of halogens is 2. The van der Waals surface area contributed by atoms with E-state index >= 15 is 0 Å². The van der Waals surface area contributed by atoms with Gasteiger partial charge >= 0.3 is 11.9 Å². The van der Waals surface area contributed by atoms with Crippen molar-refractivity contribution in [3.8, 4) is 0 Å². The summed E-state index contributed by atoms with van der Waals surface area (Å²) in [6, 6.07) is 11.5. The summed E-state index contributed by atoms with van der Waals surface area (Å²) in [4.78, 5) is 50.4. The number of ketones is 1. The summed E-state index contributed by atoms with van der Waals surface area (Å²) in [5.74, 6) is -2.78. The molecular weight excluding hydrogens is 463 g/mol. The third-order valence-corrected chi connectivity index (χ3v) is 5.76. The lowest BCUT2D eigenvalue weighted by atomic mass is 9.99. The average Bonchev–Trinajstić information content (AvgIpc) is 2.84. The van der Waals surface area contributed by atoms with Crippen LogP contribution in [0.4, 0.5) is 4.39 Å². The fraction of sp³-hybridized carbons (Fsp3) is 0.320. The fourth-order valence-corrected chi connectivity index (χ4v) is 3.86. The maximum Gasteiger partial charge on any atom is 0.420 e. The summed E-state index contributed by atoms with van der Waals surface area (Å²) >= 11 is 6.02. The molecule has 3 rings (SSSR count). The summed E-state index contributed by atoms with van der Waals surface area (Å²) in [5.41, 5.74) is 1.92. The smallest absolute Gasteiger partial charge is 0.420 e. The highest BCUT2D eigenvalue weighted by Crippen LogP contribution is 2.21. The van der Waals surface area contributed by atoms with Crippen LogP contribution in [0, 0.1) is 0 Å². The Labute approximate surface area is 201 Å². The maximum atomic E-state index is 13.2. The number of fused-ring (bicyclic) bond motifs is 1. The summed E-state index contributed by atoms with van der Waals surface area (Å²) in [6.45, 7) is 0.342. The molecule has 1 aliphatic rings. The lowest BCUT2D eigenvalue weighted by Crippen LogP contribution is -2.52. The Morgan fingerprint density at radius 3 is 2.59 bits per heavy atom. The molecule has 2 amide bonds. The molecule has 0 fully saturated rings. The molecule has 2 aromatic rings. The second-order valence-electron chi connectivity index (χ2n) is 7.84. The Bertz CT molecular complexity index is 1120. The van der Waals surface area contributed by atoms with E-state index in [0.717, 1.165) is 11.1 Å². The van der Waals surface area contributed by atoms with E-state index < -0.39 is 48.7 Å². The molecule has 0 aromatic heterocycles. The first kappa shape index (κ1) is 25.2. The first-order valence-electron chi connectivity index (χ1n) is 10.9. The number of esters is 1. The van der Waals surface area contributed by atoms with Crippen LogP contribution in [0.2, 0.25) is 5.02 Å². The third-order valence-electron chi connectivity index (χ3n) is 5.52. The van der Waals surface area contributed by atoms with Gasteiger partial charge in [-0.05, 0) is 23.3 Å². The van der Waals surface area contributed by atoms with Crippen LogP contribution in [0.5, 0.6) is 0 Å². The molecule has 2 aromatic carbocycles. The summed E-state index contributed by atoms with van der Waals surface area (Å²) in [7, 11) is 0. The summed E-state index contributed by atoms with van der Waals surface area (Å²) < 4.78 is 19.6. The van der Waals surface area contributed by atoms with Gasteiger partial charge in [0.05, 0.1) is 18.4 Å². The standard InChI is InChI=1S/C25H24ClFN2O5/c1-2-21(29-11-10-17-8-9-18(26)12-19(17)25(29)33)24(32)28-20(22(30)14-27)13-23(31)34-15-16-6-4-3-5-7-16/h3-9,11-12,20-21H,2,10,13-15H2,1H3/p+1/t20?,21-/m0/s1. The molecule has 0 saturated heterocycles. The SMILES string of the molecule is CC[C@@H](C(=O)NC(CC(=O)OCc1ccccc1)C(=O)CF)[N+]1=CCc2ccc(Cl)cc2C1=O. The minimum atomic E-state index is -1.41. The van der Waals surface area contributed by atoms with Gasteiger partial charge in [-0.1, -0.05) is 54.9 Å². The predicted molar refractivity (Wildman–Crippen MR) is 124 cm³/mol. The topological polar surface area (TPSA) is 92.6 Å². The van der Waals surface area contributed by atoms with Crippen molar-refractivity contribution in [3.05, 3.63) is 70.2 Å². The molecule has 0 bridgehead atoms. The van der Waals surface area contributed by atoms with E-state index in [0.29, 0.717) is 17.0 Å². The zero-order valence-electron chi connectivity index (χ0n) is 18.6. The second-order valence-corrected chi connectivity index (χ2v) is 8.27. The monoisotopic (exact) mass is 487 g/mol. The molecule has 1 aliphatic heterocycles. The molecule has 178 valence electrons. The van der Waals surface area contributed by atoms with Crippen molar-refractivity contribution >= 4 is 41.4 Å². The molecule has 7 nitrogen and oxygen atoms in total. The number of benzene rings is 2. The largest absolute Gasteiger partial charge is 0.461 e. The third kappa shape index (κ3) is 6.14. The van der Waals surface area contributed by atoms with E-state index in [1.165, 1.54) is 4.58 Å². The molecular formula is C25H25ClFN2O5+. The predicted octanol–water partition coefficient (Wildman–Crippen LogP) is 3.06. The molecule has 1 heterocycles. The Balaban J connectivity index is 1.69. The lowest BCUT2D eigenvalue weighted by molar-refractivity contribution is -0.456. The maximum absolute atomic E-state index is 13.2. The number of nitrogens with zero attached hydrogens (tertiary/aromatic N) is 1. The van der Waals surface area contributed by atoms with E-state index in [9.17, 15) is 23.6 Å². The molecule has 0 spiro atoms. The van der Waals surface area contributed by atoms with E-state index in [1.807, 2.05) is 6.07 Å². The number of carbonyl (C=O) groups is 4. The van der Waals surface area contributed by atoms with Crippen LogP contribution in [0.1, 0.15) is 41.3 Å². The highest BCUT2D eigenvalue weighted by Gasteiger charge is 2.39. The van der Waals surface area contributed by atoms with Crippen molar-refractivity contribution in [2.75, 3.05) is 6.67 Å². The van der Waals surface area contributed by atoms with Crippen LogP contribution in [0.25, 0.3) is 0 Å². The van der Waals surface area contributed by atoms with Crippen molar-refractivity contribution in [2.24, 2.45) is 0 Å². The van der Waals surface area contributed by atoms with Gasteiger partial charge in [-0.3, -0.25) is 14.4 Å². The summed E-state index contributed by atoms with van der Waals surface area (Å²) in [5, 5.41) is 2.83. The number of nitrogens with one attached hydrogen (secondary N) is 1. The van der Waals surface area contributed by atoms with Gasteiger partial charge in [0, 0.05) is 11.4 Å². The Morgan fingerprint density at radius 1 is 1.18 bits per heavy atom. The van der Waals surface area contributed by atoms with Crippen LogP contribution in [0.15, 0.2) is 48.5 Å². The Morgan fingerprint density at radius 2 is 1.91 bits per heavy atom. The minimum Gasteiger partial charge on any atom is -0.461 e. The molecule has 0 aliphatic carbocycles. The Hall–Kier alpha value is -3.39. The highest BCUT2D eigenvalue weighted by molar-refractivity contribution is 6.31. The van der Waals surface area contributed by atoms with E-state index in [1.54, 1.807) is 55.6 Å². The van der Waals surface area contributed by atoms with Crippen molar-refractivity contribution in [2.45, 2.75) is 44.9 Å². The van der Waals surface area contributed by atoms with Gasteiger partial charge in [-0.25, -0.2) is 9.18 Å². The van der Waals surface area contributed by atoms with Gasteiger partial charge in [0.15, 0.2) is 12.0 Å². The number of alkyl halides is 1. The van der Waals surface area contributed by atoms with E-state index in [-0.39, 0.29) is 13.0 Å². The zero-order valence-corrected chi connectivity index (χ0v) is 19.4. The number of Topliss-reactive ketones (excluding diaryl/α,β-unsaturated/α-hetero) is 1. The molecule has 1 N–H and O–H groups in total. The number of hydrogen-bond donors (Lipinski definition) is 1. The number of carbonyl (C=O) groups excluding carboxylic acids is 4. The second kappa shape index (κ2) is 11.7. The van der Waals surface area contributed by atoms with Gasteiger partial charge in [0.1, 0.15) is 19.3 Å². The first-order valence-corrected chi connectivity index (χ1v) is 11.2. The lowest BCUT2D eigenvalue weighted by Gasteiger charge is -2.20. The van der Waals surface area contributed by atoms with Crippen molar-refractivity contribution < 1.29 is 32.9 Å². The first-order chi connectivity index (χ1) is 16.3. The van der Waals surface area contributed by atoms with Crippen LogP contribution < -0.4 is 5.32 Å². The number of hydrogen-bond acceptors (Lipinski definition) is 5. The van der Waals surface area contributed by atoms with Crippen LogP contribution >= 0.6 is 11.6 Å². The number of rotatable bonds is 10. The highest BCUT2D eigenvalue weighted by atomic mass is 35.5. The fourth-order valence-electron chi connectivity index (χ4n) is 3.69. The number of amides is 2. The molecule has 1 unspecified atom stereocenters. The molecule has 2 atom stereocenters. The minimum absolute atomic E-state index is 0.0129. The molecule has 34 heavy (non-hydrogen) atoms. The van der Waals surface area contributed by atoms with Gasteiger partial charge in [-0.2, -0.15) is 4.58 Å². The number of ether oxygens (including phenoxy) is 1. The van der Waals surface area contributed by atoms with Gasteiger partial charge in [0.25, 0.3) is 5.91 Å². The van der Waals surface area contributed by atoms with Crippen molar-refractivity contribution in [1.29, 1.82) is 0 Å². The van der Waals surface area contributed by atoms with Crippen LogP contribution in [-0.4, -0.2) is 53.1 Å². The van der Waals surface area contributed by atoms with Gasteiger partial charge in [-0.15, -0.1) is 0 Å². The van der Waals surface area contributed by atoms with Crippen molar-refractivity contribution in [1.82, 2.24) is 5.32 Å². The van der Waals surface area contributed by atoms with Crippen LogP contribution in [-0.2, 0) is 32.1 Å². The van der Waals surface area contributed by atoms with Crippen molar-refractivity contribution in [3.63, 3.8) is 0 Å². The zero-order chi connectivity index (χ0) is 24.7. The van der Waals surface area contributed by atoms with E-state index in [4.69, 9.17) is 16.3 Å². The molecule has 9 heteroatoms. The van der Waals surface area contributed by atoms with Gasteiger partial charge < -0.3 is 10.1 Å². The summed E-state index contributed by atoms with van der Waals surface area (Å²) in [6.07, 6.45) is 1.74. The Kier molecular flexibility index (Phi) is 8.65. The van der Waals surface area contributed by atoms with Gasteiger partial charge in [0.2, 0.25) is 6.04 Å². The normalized spacial score (nSPS) is 14.4. The molecule has 0 radical (unpaired) electrons. The average molecular weight is 488 g/mol. The van der Waals surface area contributed by atoms with E-state index in [2.05, 4.69) is 5.32 Å². The molecule has 0 saturated carbocycles. The van der Waals surface area contributed by atoms with Crippen LogP contribution in [0.3, 0.4) is 0 Å².